The molecule has 0 saturated heterocycles. The molecule has 2 N–H and O–H groups in total. The molecule has 0 amide bonds. The predicted molar refractivity (Wildman–Crippen MR) is 104 cm³/mol. The van der Waals surface area contributed by atoms with Crippen molar-refractivity contribution in [2.24, 2.45) is 0 Å². The second kappa shape index (κ2) is 8.20. The summed E-state index contributed by atoms with van der Waals surface area (Å²) < 4.78 is 52.0. The number of benzene rings is 2. The zero-order valence-corrected chi connectivity index (χ0v) is 16.7. The van der Waals surface area contributed by atoms with Gasteiger partial charge in [-0.15, -0.1) is 0 Å². The normalized spacial score (nSPS) is 12.1. The lowest BCUT2D eigenvalue weighted by Gasteiger charge is -2.09. The van der Waals surface area contributed by atoms with E-state index in [0.29, 0.717) is 25.1 Å². The third kappa shape index (κ3) is 6.12. The summed E-state index contributed by atoms with van der Waals surface area (Å²) in [7, 11) is -6.79. The van der Waals surface area contributed by atoms with Crippen molar-refractivity contribution in [2.45, 2.75) is 31.6 Å². The lowest BCUT2D eigenvalue weighted by atomic mass is 10.1. The molecule has 0 aliphatic heterocycles. The van der Waals surface area contributed by atoms with Gasteiger partial charge in [-0.05, 0) is 67.6 Å². The largest absolute Gasteiger partial charge is 0.284 e. The maximum absolute atomic E-state index is 12.3. The van der Waals surface area contributed by atoms with Gasteiger partial charge >= 0.3 is 0 Å². The number of nitrogens with one attached hydrogen (secondary N) is 2. The Hall–Kier alpha value is -1.90. The molecule has 0 radical (unpaired) electrons. The molecule has 0 atom stereocenters. The smallest absolute Gasteiger partial charge is 0.240 e. The fourth-order valence-electron chi connectivity index (χ4n) is 2.42. The van der Waals surface area contributed by atoms with E-state index in [0.717, 1.165) is 22.9 Å². The minimum absolute atomic E-state index is 0.275. The third-order valence-electron chi connectivity index (χ3n) is 3.98. The van der Waals surface area contributed by atoms with Crippen LogP contribution in [0.3, 0.4) is 0 Å². The maximum Gasteiger partial charge on any atom is 0.240 e. The molecule has 142 valence electrons. The summed E-state index contributed by atoms with van der Waals surface area (Å²) in [6.07, 6.45) is 2.43. The lowest BCUT2D eigenvalue weighted by molar-refractivity contribution is 0.579. The van der Waals surface area contributed by atoms with Gasteiger partial charge in [0.2, 0.25) is 20.0 Å². The minimum atomic E-state index is -3.51. The predicted octanol–water partition coefficient (Wildman–Crippen LogP) is 2.59. The molecule has 0 saturated carbocycles. The van der Waals surface area contributed by atoms with E-state index in [4.69, 9.17) is 0 Å². The Balaban J connectivity index is 1.87. The van der Waals surface area contributed by atoms with E-state index in [1.807, 2.05) is 26.0 Å². The third-order valence-corrected chi connectivity index (χ3v) is 6.05. The van der Waals surface area contributed by atoms with Crippen LogP contribution in [0.2, 0.25) is 0 Å². The zero-order valence-electron chi connectivity index (χ0n) is 15.1. The highest BCUT2D eigenvalue weighted by Gasteiger charge is 2.13. The van der Waals surface area contributed by atoms with E-state index in [1.54, 1.807) is 30.3 Å². The van der Waals surface area contributed by atoms with Gasteiger partial charge < -0.3 is 0 Å². The van der Waals surface area contributed by atoms with Crippen LogP contribution in [0.25, 0.3) is 0 Å². The summed E-state index contributed by atoms with van der Waals surface area (Å²) in [4.78, 5) is 0.275. The Morgan fingerprint density at radius 2 is 1.54 bits per heavy atom. The van der Waals surface area contributed by atoms with Gasteiger partial charge in [0.05, 0.1) is 11.2 Å². The van der Waals surface area contributed by atoms with Gasteiger partial charge in [-0.2, -0.15) is 0 Å². The second-order valence-electron chi connectivity index (χ2n) is 6.32. The molecule has 0 fully saturated rings. The van der Waals surface area contributed by atoms with Crippen LogP contribution in [-0.4, -0.2) is 29.6 Å². The van der Waals surface area contributed by atoms with Crippen LogP contribution in [0.5, 0.6) is 0 Å². The highest BCUT2D eigenvalue weighted by molar-refractivity contribution is 7.92. The summed E-state index contributed by atoms with van der Waals surface area (Å²) in [6.45, 7) is 4.16. The SMILES string of the molecule is Cc1ccc(S(=O)(=O)NCCCc2ccc(NS(C)(=O)=O)cc2)cc1C. The summed E-state index contributed by atoms with van der Waals surface area (Å²) in [5.41, 5.74) is 3.51. The highest BCUT2D eigenvalue weighted by atomic mass is 32.2. The molecule has 2 aromatic carbocycles. The summed E-state index contributed by atoms with van der Waals surface area (Å²) in [6, 6.07) is 12.1. The molecule has 0 aromatic heterocycles. The monoisotopic (exact) mass is 396 g/mol. The number of sulfonamides is 2. The van der Waals surface area contributed by atoms with Gasteiger partial charge in [0.25, 0.3) is 0 Å². The first-order chi connectivity index (χ1) is 12.1. The van der Waals surface area contributed by atoms with Crippen LogP contribution >= 0.6 is 0 Å². The molecular formula is C18H24N2O4S2. The van der Waals surface area contributed by atoms with Gasteiger partial charge in [0.1, 0.15) is 0 Å². The van der Waals surface area contributed by atoms with Crippen LogP contribution in [-0.2, 0) is 26.5 Å². The topological polar surface area (TPSA) is 92.3 Å². The number of hydrogen-bond donors (Lipinski definition) is 2. The molecule has 2 rings (SSSR count). The van der Waals surface area contributed by atoms with Crippen molar-refractivity contribution in [3.05, 3.63) is 59.2 Å². The van der Waals surface area contributed by atoms with Crippen LogP contribution in [0.15, 0.2) is 47.4 Å². The van der Waals surface area contributed by atoms with Crippen molar-refractivity contribution < 1.29 is 16.8 Å². The first-order valence-corrected chi connectivity index (χ1v) is 11.6. The Kier molecular flexibility index (Phi) is 6.44. The molecule has 6 nitrogen and oxygen atoms in total. The number of anilines is 1. The van der Waals surface area contributed by atoms with E-state index in [1.165, 1.54) is 0 Å². The van der Waals surface area contributed by atoms with Gasteiger partial charge in [-0.3, -0.25) is 4.72 Å². The van der Waals surface area contributed by atoms with E-state index < -0.39 is 20.0 Å². The Morgan fingerprint density at radius 1 is 0.885 bits per heavy atom. The Bertz CT molecular complexity index is 967. The molecule has 0 bridgehead atoms. The number of rotatable bonds is 8. The minimum Gasteiger partial charge on any atom is -0.284 e. The van der Waals surface area contributed by atoms with E-state index in [9.17, 15) is 16.8 Å². The van der Waals surface area contributed by atoms with Crippen molar-refractivity contribution in [2.75, 3.05) is 17.5 Å². The summed E-state index contributed by atoms with van der Waals surface area (Å²) in [5.74, 6) is 0. The highest BCUT2D eigenvalue weighted by Crippen LogP contribution is 2.15. The zero-order chi connectivity index (χ0) is 19.4. The molecule has 0 unspecified atom stereocenters. The molecular weight excluding hydrogens is 372 g/mol. The Morgan fingerprint density at radius 3 is 2.12 bits per heavy atom. The number of hydrogen-bond acceptors (Lipinski definition) is 4. The fraction of sp³-hybridized carbons (Fsp3) is 0.333. The van der Waals surface area contributed by atoms with Crippen molar-refractivity contribution in [3.63, 3.8) is 0 Å². The van der Waals surface area contributed by atoms with Crippen molar-refractivity contribution in [1.29, 1.82) is 0 Å². The number of aryl methyl sites for hydroxylation is 3. The molecule has 26 heavy (non-hydrogen) atoms. The molecule has 0 aliphatic rings. The van der Waals surface area contributed by atoms with Gasteiger partial charge in [-0.1, -0.05) is 18.2 Å². The van der Waals surface area contributed by atoms with Crippen molar-refractivity contribution in [1.82, 2.24) is 4.72 Å². The lowest BCUT2D eigenvalue weighted by Crippen LogP contribution is -2.25. The van der Waals surface area contributed by atoms with Gasteiger partial charge in [-0.25, -0.2) is 21.6 Å². The fourth-order valence-corrected chi connectivity index (χ4v) is 4.14. The molecule has 0 spiro atoms. The van der Waals surface area contributed by atoms with Crippen molar-refractivity contribution in [3.8, 4) is 0 Å². The first kappa shape index (κ1) is 20.4. The summed E-state index contributed by atoms with van der Waals surface area (Å²) in [5, 5.41) is 0. The first-order valence-electron chi connectivity index (χ1n) is 8.20. The van der Waals surface area contributed by atoms with Crippen LogP contribution in [0.4, 0.5) is 5.69 Å². The van der Waals surface area contributed by atoms with Crippen LogP contribution in [0.1, 0.15) is 23.1 Å². The average molecular weight is 397 g/mol. The van der Waals surface area contributed by atoms with Gasteiger partial charge in [0, 0.05) is 12.2 Å². The molecule has 0 heterocycles. The summed E-state index contributed by atoms with van der Waals surface area (Å²) >= 11 is 0. The molecule has 2 aromatic rings. The molecule has 0 aliphatic carbocycles. The van der Waals surface area contributed by atoms with E-state index in [-0.39, 0.29) is 4.90 Å². The van der Waals surface area contributed by atoms with Gasteiger partial charge in [0.15, 0.2) is 0 Å². The van der Waals surface area contributed by atoms with Crippen LogP contribution < -0.4 is 9.44 Å². The van der Waals surface area contributed by atoms with E-state index in [2.05, 4.69) is 9.44 Å². The Labute approximate surface area is 155 Å². The van der Waals surface area contributed by atoms with Crippen molar-refractivity contribution >= 4 is 25.7 Å². The van der Waals surface area contributed by atoms with Crippen LogP contribution in [0, 0.1) is 13.8 Å². The quantitative estimate of drug-likeness (QED) is 0.671. The maximum atomic E-state index is 12.3. The molecule has 8 heteroatoms. The standard InChI is InChI=1S/C18H24N2O4S2/c1-14-6-11-18(13-15(14)2)26(23,24)19-12-4-5-16-7-9-17(10-8-16)20-25(3,21)22/h6-11,13,19-20H,4-5,12H2,1-3H3. The van der Waals surface area contributed by atoms with E-state index >= 15 is 0 Å². The second-order valence-corrected chi connectivity index (χ2v) is 9.83. The average Bonchev–Trinajstić information content (AvgIpc) is 2.54.